The Kier molecular flexibility index (Phi) is 7.10. The molecule has 3 fully saturated rings. The Hall–Kier alpha value is -0.690. The lowest BCUT2D eigenvalue weighted by Gasteiger charge is -2.43. The first-order valence-corrected chi connectivity index (χ1v) is 10.0. The van der Waals surface area contributed by atoms with Crippen LogP contribution >= 0.6 is 0 Å². The predicted molar refractivity (Wildman–Crippen MR) is 95.3 cm³/mol. The maximum absolute atomic E-state index is 11.9. The third-order valence-corrected chi connectivity index (χ3v) is 5.86. The van der Waals surface area contributed by atoms with E-state index in [1.54, 1.807) is 7.11 Å². The van der Waals surface area contributed by atoms with E-state index >= 15 is 0 Å². The minimum absolute atomic E-state index is 0.0248. The number of rotatable bonds is 8. The number of nitrogens with zero attached hydrogens (tertiary/aromatic N) is 2. The molecule has 1 aliphatic carbocycles. The van der Waals surface area contributed by atoms with Gasteiger partial charge in [-0.3, -0.25) is 14.6 Å². The maximum Gasteiger partial charge on any atom is 0.308 e. The largest absolute Gasteiger partial charge is 0.466 e. The van der Waals surface area contributed by atoms with Crippen molar-refractivity contribution in [2.75, 3.05) is 46.4 Å². The minimum Gasteiger partial charge on any atom is -0.466 e. The molecule has 2 saturated heterocycles. The zero-order valence-corrected chi connectivity index (χ0v) is 15.8. The van der Waals surface area contributed by atoms with Crippen molar-refractivity contribution in [3.63, 3.8) is 0 Å². The van der Waals surface area contributed by atoms with Gasteiger partial charge in [-0.2, -0.15) is 0 Å². The predicted octanol–water partition coefficient (Wildman–Crippen LogP) is 1.88. The Morgan fingerprint density at radius 3 is 2.36 bits per heavy atom. The fraction of sp³-hybridized carbons (Fsp3) is 0.947. The third-order valence-electron chi connectivity index (χ3n) is 5.86. The van der Waals surface area contributed by atoms with Crippen molar-refractivity contribution in [2.45, 2.75) is 63.9 Å². The summed E-state index contributed by atoms with van der Waals surface area (Å²) in [6.45, 7) is 7.63. The van der Waals surface area contributed by atoms with Crippen LogP contribution in [0.2, 0.25) is 0 Å². The second-order valence-corrected chi connectivity index (χ2v) is 7.64. The molecule has 1 atom stereocenters. The van der Waals surface area contributed by atoms with E-state index in [1.807, 2.05) is 6.92 Å². The molecule has 1 saturated carbocycles. The van der Waals surface area contributed by atoms with Crippen LogP contribution in [0.1, 0.15) is 45.4 Å². The number of methoxy groups -OCH3 is 1. The lowest BCUT2D eigenvalue weighted by atomic mass is 9.87. The SMILES string of the molecule is CCOC(=O)C1CCC(OC(CN2CC(OC)C2)N2CCCC2)CC1. The van der Waals surface area contributed by atoms with Crippen LogP contribution < -0.4 is 0 Å². The smallest absolute Gasteiger partial charge is 0.308 e. The van der Waals surface area contributed by atoms with Gasteiger partial charge < -0.3 is 14.2 Å². The molecule has 0 amide bonds. The summed E-state index contributed by atoms with van der Waals surface area (Å²) in [5.41, 5.74) is 0. The van der Waals surface area contributed by atoms with Crippen LogP contribution in [0.5, 0.6) is 0 Å². The van der Waals surface area contributed by atoms with Gasteiger partial charge in [0.1, 0.15) is 6.23 Å². The first-order valence-electron chi connectivity index (χ1n) is 10.0. The Bertz CT molecular complexity index is 414. The number of esters is 1. The van der Waals surface area contributed by atoms with Crippen molar-refractivity contribution in [3.8, 4) is 0 Å². The van der Waals surface area contributed by atoms with Gasteiger partial charge in [0.25, 0.3) is 0 Å². The standard InChI is InChI=1S/C19H34N2O4/c1-3-24-19(22)15-6-8-16(9-7-15)25-18(21-10-4-5-11-21)14-20-12-17(13-20)23-2/h15-18H,3-14H2,1-2H3. The third kappa shape index (κ3) is 5.16. The Morgan fingerprint density at radius 2 is 1.76 bits per heavy atom. The lowest BCUT2D eigenvalue weighted by molar-refractivity contribution is -0.154. The molecule has 2 heterocycles. The van der Waals surface area contributed by atoms with Gasteiger partial charge in [-0.25, -0.2) is 0 Å². The van der Waals surface area contributed by atoms with E-state index in [-0.39, 0.29) is 24.2 Å². The summed E-state index contributed by atoms with van der Waals surface area (Å²) >= 11 is 0. The minimum atomic E-state index is -0.0248. The van der Waals surface area contributed by atoms with E-state index in [1.165, 1.54) is 12.8 Å². The molecule has 25 heavy (non-hydrogen) atoms. The van der Waals surface area contributed by atoms with E-state index in [0.29, 0.717) is 12.7 Å². The van der Waals surface area contributed by atoms with Crippen molar-refractivity contribution in [3.05, 3.63) is 0 Å². The van der Waals surface area contributed by atoms with Crippen molar-refractivity contribution >= 4 is 5.97 Å². The number of hydrogen-bond donors (Lipinski definition) is 0. The molecule has 6 nitrogen and oxygen atoms in total. The van der Waals surface area contributed by atoms with Gasteiger partial charge in [0.15, 0.2) is 0 Å². The van der Waals surface area contributed by atoms with Crippen molar-refractivity contribution in [1.82, 2.24) is 9.80 Å². The molecule has 0 spiro atoms. The second kappa shape index (κ2) is 9.31. The highest BCUT2D eigenvalue weighted by atomic mass is 16.5. The lowest BCUT2D eigenvalue weighted by Crippen LogP contribution is -2.57. The fourth-order valence-electron chi connectivity index (χ4n) is 4.23. The fourth-order valence-corrected chi connectivity index (χ4v) is 4.23. The van der Waals surface area contributed by atoms with Crippen LogP contribution in [-0.2, 0) is 19.0 Å². The molecule has 0 radical (unpaired) electrons. The molecule has 0 aromatic heterocycles. The molecule has 3 rings (SSSR count). The number of carbonyl (C=O) groups is 1. The summed E-state index contributed by atoms with van der Waals surface area (Å²) < 4.78 is 17.1. The van der Waals surface area contributed by atoms with Gasteiger partial charge in [-0.1, -0.05) is 0 Å². The first-order chi connectivity index (χ1) is 12.2. The average molecular weight is 354 g/mol. The summed E-state index contributed by atoms with van der Waals surface area (Å²) in [5.74, 6) is 0.0473. The van der Waals surface area contributed by atoms with Gasteiger partial charge in [-0.15, -0.1) is 0 Å². The number of carbonyl (C=O) groups excluding carboxylic acids is 1. The Labute approximate surface area is 151 Å². The highest BCUT2D eigenvalue weighted by Crippen LogP contribution is 2.29. The van der Waals surface area contributed by atoms with E-state index in [4.69, 9.17) is 14.2 Å². The van der Waals surface area contributed by atoms with Crippen LogP contribution in [0, 0.1) is 5.92 Å². The average Bonchev–Trinajstić information content (AvgIpc) is 3.12. The van der Waals surface area contributed by atoms with E-state index in [0.717, 1.165) is 58.4 Å². The van der Waals surface area contributed by atoms with Crippen LogP contribution in [0.4, 0.5) is 0 Å². The van der Waals surface area contributed by atoms with Gasteiger partial charge in [0.05, 0.1) is 24.7 Å². The number of ether oxygens (including phenoxy) is 3. The molecule has 0 bridgehead atoms. The molecule has 6 heteroatoms. The topological polar surface area (TPSA) is 51.2 Å². The highest BCUT2D eigenvalue weighted by molar-refractivity contribution is 5.72. The van der Waals surface area contributed by atoms with E-state index < -0.39 is 0 Å². The van der Waals surface area contributed by atoms with Crippen LogP contribution in [0.25, 0.3) is 0 Å². The Morgan fingerprint density at radius 1 is 1.08 bits per heavy atom. The zero-order chi connectivity index (χ0) is 17.6. The second-order valence-electron chi connectivity index (χ2n) is 7.64. The van der Waals surface area contributed by atoms with Crippen molar-refractivity contribution in [2.24, 2.45) is 5.92 Å². The summed E-state index contributed by atoms with van der Waals surface area (Å²) in [4.78, 5) is 16.8. The van der Waals surface area contributed by atoms with E-state index in [2.05, 4.69) is 9.80 Å². The first kappa shape index (κ1) is 19.1. The molecule has 0 aromatic carbocycles. The molecular weight excluding hydrogens is 320 g/mol. The van der Waals surface area contributed by atoms with Crippen molar-refractivity contribution in [1.29, 1.82) is 0 Å². The number of hydrogen-bond acceptors (Lipinski definition) is 6. The molecule has 2 aliphatic heterocycles. The molecule has 0 N–H and O–H groups in total. The summed E-state index contributed by atoms with van der Waals surface area (Å²) in [5, 5.41) is 0. The Balaban J connectivity index is 1.46. The van der Waals surface area contributed by atoms with Crippen molar-refractivity contribution < 1.29 is 19.0 Å². The number of likely N-dealkylation sites (tertiary alicyclic amines) is 2. The molecular formula is C19H34N2O4. The zero-order valence-electron chi connectivity index (χ0n) is 15.8. The molecule has 144 valence electrons. The monoisotopic (exact) mass is 354 g/mol. The van der Waals surface area contributed by atoms with Crippen LogP contribution in [0.3, 0.4) is 0 Å². The van der Waals surface area contributed by atoms with Gasteiger partial charge in [0, 0.05) is 39.8 Å². The normalized spacial score (nSPS) is 30.2. The molecule has 3 aliphatic rings. The van der Waals surface area contributed by atoms with Crippen LogP contribution in [0.15, 0.2) is 0 Å². The summed E-state index contributed by atoms with van der Waals surface area (Å²) in [6, 6.07) is 0. The maximum atomic E-state index is 11.9. The van der Waals surface area contributed by atoms with Gasteiger partial charge >= 0.3 is 5.97 Å². The van der Waals surface area contributed by atoms with E-state index in [9.17, 15) is 4.79 Å². The van der Waals surface area contributed by atoms with Gasteiger partial charge in [-0.05, 0) is 45.4 Å². The summed E-state index contributed by atoms with van der Waals surface area (Å²) in [6.07, 6.45) is 7.12. The molecule has 0 aromatic rings. The summed E-state index contributed by atoms with van der Waals surface area (Å²) in [7, 11) is 1.79. The van der Waals surface area contributed by atoms with Crippen LogP contribution in [-0.4, -0.2) is 80.6 Å². The molecule has 1 unspecified atom stereocenters. The highest BCUT2D eigenvalue weighted by Gasteiger charge is 2.35. The quantitative estimate of drug-likeness (QED) is 0.621. The van der Waals surface area contributed by atoms with Gasteiger partial charge in [0.2, 0.25) is 0 Å².